The van der Waals surface area contributed by atoms with Crippen molar-refractivity contribution in [3.05, 3.63) is 63.9 Å². The van der Waals surface area contributed by atoms with Crippen molar-refractivity contribution in [2.45, 2.75) is 6.54 Å². The monoisotopic (exact) mass is 315 g/mol. The lowest BCUT2D eigenvalue weighted by Crippen LogP contribution is -2.05. The normalized spacial score (nSPS) is 10.4. The van der Waals surface area contributed by atoms with E-state index in [9.17, 15) is 13.2 Å². The minimum atomic E-state index is -0.919. The Bertz CT molecular complexity index is 552. The van der Waals surface area contributed by atoms with Crippen molar-refractivity contribution in [3.8, 4) is 0 Å². The second-order valence-corrected chi connectivity index (χ2v) is 4.52. The van der Waals surface area contributed by atoms with E-state index in [0.29, 0.717) is 4.47 Å². The van der Waals surface area contributed by atoms with E-state index < -0.39 is 17.5 Å². The van der Waals surface area contributed by atoms with Gasteiger partial charge in [-0.2, -0.15) is 0 Å². The van der Waals surface area contributed by atoms with Gasteiger partial charge in [-0.1, -0.05) is 18.2 Å². The molecular formula is C13H9BrF3N. The highest BCUT2D eigenvalue weighted by molar-refractivity contribution is 9.10. The highest BCUT2D eigenvalue weighted by Crippen LogP contribution is 2.26. The van der Waals surface area contributed by atoms with Crippen molar-refractivity contribution in [3.63, 3.8) is 0 Å². The molecule has 2 aromatic carbocycles. The van der Waals surface area contributed by atoms with Gasteiger partial charge >= 0.3 is 0 Å². The molecule has 0 bridgehead atoms. The first-order valence-electron chi connectivity index (χ1n) is 5.20. The molecule has 94 valence electrons. The Labute approximate surface area is 111 Å². The summed E-state index contributed by atoms with van der Waals surface area (Å²) < 4.78 is 40.4. The fraction of sp³-hybridized carbons (Fsp3) is 0.0769. The van der Waals surface area contributed by atoms with Crippen LogP contribution in [-0.2, 0) is 6.54 Å². The Hall–Kier alpha value is -1.49. The number of nitrogens with one attached hydrogen (secondary N) is 1. The van der Waals surface area contributed by atoms with E-state index in [1.807, 2.05) is 0 Å². The average molecular weight is 316 g/mol. The van der Waals surface area contributed by atoms with Crippen molar-refractivity contribution >= 4 is 21.6 Å². The van der Waals surface area contributed by atoms with Crippen LogP contribution in [0.4, 0.5) is 18.9 Å². The summed E-state index contributed by atoms with van der Waals surface area (Å²) in [7, 11) is 0. The van der Waals surface area contributed by atoms with Crippen LogP contribution in [-0.4, -0.2) is 0 Å². The van der Waals surface area contributed by atoms with Gasteiger partial charge in [-0.15, -0.1) is 0 Å². The van der Waals surface area contributed by atoms with Crippen molar-refractivity contribution in [2.75, 3.05) is 5.32 Å². The molecule has 0 aliphatic rings. The molecule has 18 heavy (non-hydrogen) atoms. The lowest BCUT2D eigenvalue weighted by molar-refractivity contribution is 0.500. The SMILES string of the molecule is Fc1cccc(CNc2c(F)cccc2Br)c1F. The summed E-state index contributed by atoms with van der Waals surface area (Å²) >= 11 is 3.18. The van der Waals surface area contributed by atoms with Gasteiger partial charge in [-0.05, 0) is 34.1 Å². The Morgan fingerprint density at radius 3 is 2.33 bits per heavy atom. The predicted molar refractivity (Wildman–Crippen MR) is 67.8 cm³/mol. The minimum Gasteiger partial charge on any atom is -0.378 e. The van der Waals surface area contributed by atoms with Gasteiger partial charge in [-0.3, -0.25) is 0 Å². The summed E-state index contributed by atoms with van der Waals surface area (Å²) in [5, 5.41) is 2.74. The van der Waals surface area contributed by atoms with Gasteiger partial charge in [0.1, 0.15) is 5.82 Å². The molecule has 1 N–H and O–H groups in total. The van der Waals surface area contributed by atoms with Gasteiger partial charge in [0.15, 0.2) is 11.6 Å². The minimum absolute atomic E-state index is 0.00310. The van der Waals surface area contributed by atoms with E-state index in [4.69, 9.17) is 0 Å². The van der Waals surface area contributed by atoms with E-state index in [-0.39, 0.29) is 17.8 Å². The second-order valence-electron chi connectivity index (χ2n) is 3.66. The van der Waals surface area contributed by atoms with Gasteiger partial charge in [0.05, 0.1) is 5.69 Å². The molecule has 0 radical (unpaired) electrons. The molecule has 1 nitrogen and oxygen atoms in total. The van der Waals surface area contributed by atoms with Crippen LogP contribution in [0.25, 0.3) is 0 Å². The lowest BCUT2D eigenvalue weighted by Gasteiger charge is -2.10. The van der Waals surface area contributed by atoms with Crippen molar-refractivity contribution in [1.82, 2.24) is 0 Å². The predicted octanol–water partition coefficient (Wildman–Crippen LogP) is 4.48. The van der Waals surface area contributed by atoms with Gasteiger partial charge in [0, 0.05) is 16.6 Å². The second kappa shape index (κ2) is 5.44. The largest absolute Gasteiger partial charge is 0.378 e. The molecule has 0 atom stereocenters. The maximum absolute atomic E-state index is 13.5. The van der Waals surface area contributed by atoms with Gasteiger partial charge in [0.25, 0.3) is 0 Å². The van der Waals surface area contributed by atoms with Crippen LogP contribution in [0.5, 0.6) is 0 Å². The third-order valence-corrected chi connectivity index (χ3v) is 3.11. The molecule has 0 fully saturated rings. The molecular weight excluding hydrogens is 307 g/mol. The molecule has 0 aliphatic heterocycles. The fourth-order valence-electron chi connectivity index (χ4n) is 1.54. The molecule has 0 unspecified atom stereocenters. The van der Waals surface area contributed by atoms with E-state index >= 15 is 0 Å². The lowest BCUT2D eigenvalue weighted by atomic mass is 10.2. The molecule has 0 spiro atoms. The topological polar surface area (TPSA) is 12.0 Å². The van der Waals surface area contributed by atoms with Crippen LogP contribution in [0.2, 0.25) is 0 Å². The summed E-state index contributed by atoms with van der Waals surface area (Å²) in [6.07, 6.45) is 0. The fourth-order valence-corrected chi connectivity index (χ4v) is 2.02. The molecule has 0 saturated heterocycles. The van der Waals surface area contributed by atoms with E-state index in [1.165, 1.54) is 18.2 Å². The van der Waals surface area contributed by atoms with E-state index in [2.05, 4.69) is 21.2 Å². The van der Waals surface area contributed by atoms with Gasteiger partial charge in [-0.25, -0.2) is 13.2 Å². The first kappa shape index (κ1) is 13.0. The number of rotatable bonds is 3. The zero-order chi connectivity index (χ0) is 13.1. The molecule has 5 heteroatoms. The molecule has 0 amide bonds. The Balaban J connectivity index is 2.19. The van der Waals surface area contributed by atoms with Gasteiger partial charge < -0.3 is 5.32 Å². The van der Waals surface area contributed by atoms with E-state index in [1.54, 1.807) is 12.1 Å². The summed E-state index contributed by atoms with van der Waals surface area (Å²) in [6.45, 7) is 0.00310. The summed E-state index contributed by atoms with van der Waals surface area (Å²) in [5.74, 6) is -2.29. The smallest absolute Gasteiger partial charge is 0.163 e. The van der Waals surface area contributed by atoms with Crippen molar-refractivity contribution < 1.29 is 13.2 Å². The Kier molecular flexibility index (Phi) is 3.91. The Morgan fingerprint density at radius 2 is 1.61 bits per heavy atom. The molecule has 2 aromatic rings. The number of anilines is 1. The standard InChI is InChI=1S/C13H9BrF3N/c14-9-4-2-6-11(16)13(9)18-7-8-3-1-5-10(15)12(8)17/h1-6,18H,7H2. The van der Waals surface area contributed by atoms with Crippen LogP contribution in [0.3, 0.4) is 0 Å². The quantitative estimate of drug-likeness (QED) is 0.880. The molecule has 0 saturated carbocycles. The maximum Gasteiger partial charge on any atom is 0.163 e. The zero-order valence-corrected chi connectivity index (χ0v) is 10.8. The maximum atomic E-state index is 13.5. The van der Waals surface area contributed by atoms with Crippen molar-refractivity contribution in [2.24, 2.45) is 0 Å². The molecule has 0 aromatic heterocycles. The average Bonchev–Trinajstić information content (AvgIpc) is 2.33. The molecule has 2 rings (SSSR count). The number of hydrogen-bond donors (Lipinski definition) is 1. The highest BCUT2D eigenvalue weighted by atomic mass is 79.9. The van der Waals surface area contributed by atoms with Gasteiger partial charge in [0.2, 0.25) is 0 Å². The van der Waals surface area contributed by atoms with E-state index in [0.717, 1.165) is 6.07 Å². The number of halogens is 4. The van der Waals surface area contributed by atoms with Crippen LogP contribution in [0.1, 0.15) is 5.56 Å². The summed E-state index contributed by atoms with van der Waals surface area (Å²) in [6, 6.07) is 8.39. The van der Waals surface area contributed by atoms with Crippen LogP contribution < -0.4 is 5.32 Å². The van der Waals surface area contributed by atoms with Crippen LogP contribution >= 0.6 is 15.9 Å². The van der Waals surface area contributed by atoms with Crippen LogP contribution in [0, 0.1) is 17.5 Å². The first-order chi connectivity index (χ1) is 8.59. The van der Waals surface area contributed by atoms with Crippen LogP contribution in [0.15, 0.2) is 40.9 Å². The summed E-state index contributed by atoms with van der Waals surface area (Å²) in [4.78, 5) is 0. The third kappa shape index (κ3) is 2.67. The number of para-hydroxylation sites is 1. The summed E-state index contributed by atoms with van der Waals surface area (Å²) in [5.41, 5.74) is 0.367. The number of benzene rings is 2. The highest BCUT2D eigenvalue weighted by Gasteiger charge is 2.10. The Morgan fingerprint density at radius 1 is 0.944 bits per heavy atom. The number of hydrogen-bond acceptors (Lipinski definition) is 1. The van der Waals surface area contributed by atoms with Crippen molar-refractivity contribution in [1.29, 1.82) is 0 Å². The first-order valence-corrected chi connectivity index (χ1v) is 5.99. The third-order valence-electron chi connectivity index (χ3n) is 2.45. The zero-order valence-electron chi connectivity index (χ0n) is 9.18. The molecule has 0 aliphatic carbocycles. The molecule has 0 heterocycles.